The van der Waals surface area contributed by atoms with Gasteiger partial charge in [-0.3, -0.25) is 4.79 Å². The Morgan fingerprint density at radius 1 is 1.23 bits per heavy atom. The van der Waals surface area contributed by atoms with E-state index < -0.39 is 5.97 Å². The van der Waals surface area contributed by atoms with Gasteiger partial charge >= 0.3 is 12.0 Å². The second-order valence-corrected chi connectivity index (χ2v) is 4.83. The van der Waals surface area contributed by atoms with Crippen molar-refractivity contribution in [1.29, 1.82) is 0 Å². The van der Waals surface area contributed by atoms with Crippen LogP contribution in [0.15, 0.2) is 36.5 Å². The Labute approximate surface area is 128 Å². The van der Waals surface area contributed by atoms with E-state index in [1.807, 2.05) is 31.3 Å². The number of carboxylic acids is 1. The molecule has 7 heteroatoms. The maximum absolute atomic E-state index is 11.6. The molecule has 0 spiro atoms. The molecule has 0 aliphatic carbocycles. The van der Waals surface area contributed by atoms with Crippen LogP contribution in [0.4, 0.5) is 10.5 Å². The van der Waals surface area contributed by atoms with Gasteiger partial charge in [-0.2, -0.15) is 5.10 Å². The van der Waals surface area contributed by atoms with Gasteiger partial charge in [-0.1, -0.05) is 0 Å². The number of carbonyl (C=O) groups excluding carboxylic acids is 1. The molecule has 2 rings (SSSR count). The zero-order valence-corrected chi connectivity index (χ0v) is 12.2. The van der Waals surface area contributed by atoms with E-state index in [1.165, 1.54) is 0 Å². The van der Waals surface area contributed by atoms with Crippen molar-refractivity contribution < 1.29 is 14.7 Å². The molecule has 1 aromatic carbocycles. The standard InChI is InChI=1S/C15H18N4O3/c1-11-8-10-19(18-11)13-6-4-12(5-7-13)17-15(22)16-9-2-3-14(20)21/h4-8,10H,2-3,9H2,1H3,(H,20,21)(H2,16,17,22). The predicted molar refractivity (Wildman–Crippen MR) is 82.2 cm³/mol. The first kappa shape index (κ1) is 15.6. The molecule has 0 saturated carbocycles. The molecular weight excluding hydrogens is 284 g/mol. The number of carboxylic acid groups (broad SMARTS) is 1. The highest BCUT2D eigenvalue weighted by atomic mass is 16.4. The number of aliphatic carboxylic acids is 1. The van der Waals surface area contributed by atoms with Crippen molar-refractivity contribution in [2.24, 2.45) is 0 Å². The SMILES string of the molecule is Cc1ccn(-c2ccc(NC(=O)NCCCC(=O)O)cc2)n1. The molecule has 22 heavy (non-hydrogen) atoms. The molecule has 0 unspecified atom stereocenters. The summed E-state index contributed by atoms with van der Waals surface area (Å²) in [6, 6.07) is 8.83. The quantitative estimate of drug-likeness (QED) is 0.712. The monoisotopic (exact) mass is 302 g/mol. The molecule has 0 saturated heterocycles. The number of hydrogen-bond donors (Lipinski definition) is 3. The maximum Gasteiger partial charge on any atom is 0.319 e. The fraction of sp³-hybridized carbons (Fsp3) is 0.267. The third-order valence-corrected chi connectivity index (χ3v) is 2.97. The molecular formula is C15H18N4O3. The summed E-state index contributed by atoms with van der Waals surface area (Å²) in [6.45, 7) is 2.24. The van der Waals surface area contributed by atoms with Gasteiger partial charge < -0.3 is 15.7 Å². The van der Waals surface area contributed by atoms with Crippen molar-refractivity contribution in [3.8, 4) is 5.69 Å². The van der Waals surface area contributed by atoms with E-state index in [0.29, 0.717) is 18.7 Å². The average Bonchev–Trinajstić information content (AvgIpc) is 2.91. The third-order valence-electron chi connectivity index (χ3n) is 2.97. The molecule has 1 aromatic heterocycles. The number of anilines is 1. The zero-order valence-electron chi connectivity index (χ0n) is 12.2. The summed E-state index contributed by atoms with van der Waals surface area (Å²) in [5, 5.41) is 18.1. The molecule has 0 bridgehead atoms. The van der Waals surface area contributed by atoms with Crippen LogP contribution < -0.4 is 10.6 Å². The molecule has 0 radical (unpaired) electrons. The molecule has 0 atom stereocenters. The minimum absolute atomic E-state index is 0.0399. The number of nitrogens with zero attached hydrogens (tertiary/aromatic N) is 2. The Balaban J connectivity index is 1.83. The number of urea groups is 1. The van der Waals surface area contributed by atoms with Gasteiger partial charge in [0.25, 0.3) is 0 Å². The smallest absolute Gasteiger partial charge is 0.319 e. The molecule has 0 aliphatic heterocycles. The first-order valence-electron chi connectivity index (χ1n) is 6.94. The number of aryl methyl sites for hydroxylation is 1. The second-order valence-electron chi connectivity index (χ2n) is 4.83. The van der Waals surface area contributed by atoms with Gasteiger partial charge in [-0.05, 0) is 43.7 Å². The lowest BCUT2D eigenvalue weighted by Crippen LogP contribution is -2.29. The van der Waals surface area contributed by atoms with Crippen LogP contribution in [0.1, 0.15) is 18.5 Å². The fourth-order valence-electron chi connectivity index (χ4n) is 1.87. The molecule has 3 N–H and O–H groups in total. The first-order chi connectivity index (χ1) is 10.5. The normalized spacial score (nSPS) is 10.2. The van der Waals surface area contributed by atoms with E-state index in [2.05, 4.69) is 15.7 Å². The van der Waals surface area contributed by atoms with E-state index in [4.69, 9.17) is 5.11 Å². The molecule has 0 fully saturated rings. The number of hydrogen-bond acceptors (Lipinski definition) is 3. The Bertz CT molecular complexity index is 649. The highest BCUT2D eigenvalue weighted by Crippen LogP contribution is 2.13. The van der Waals surface area contributed by atoms with Crippen LogP contribution in [-0.2, 0) is 4.79 Å². The van der Waals surface area contributed by atoms with E-state index in [9.17, 15) is 9.59 Å². The van der Waals surface area contributed by atoms with Crippen LogP contribution >= 0.6 is 0 Å². The maximum atomic E-state index is 11.6. The van der Waals surface area contributed by atoms with Crippen molar-refractivity contribution >= 4 is 17.7 Å². The number of carbonyl (C=O) groups is 2. The minimum Gasteiger partial charge on any atom is -0.481 e. The molecule has 116 valence electrons. The van der Waals surface area contributed by atoms with E-state index in [-0.39, 0.29) is 12.5 Å². The largest absolute Gasteiger partial charge is 0.481 e. The summed E-state index contributed by atoms with van der Waals surface area (Å²) in [6.07, 6.45) is 2.31. The fourth-order valence-corrected chi connectivity index (χ4v) is 1.87. The summed E-state index contributed by atoms with van der Waals surface area (Å²) in [5.74, 6) is -0.869. The van der Waals surface area contributed by atoms with Crippen molar-refractivity contribution in [3.63, 3.8) is 0 Å². The molecule has 0 aliphatic rings. The topological polar surface area (TPSA) is 96.2 Å². The Hall–Kier alpha value is -2.83. The van der Waals surface area contributed by atoms with Crippen molar-refractivity contribution in [2.45, 2.75) is 19.8 Å². The Morgan fingerprint density at radius 3 is 2.55 bits per heavy atom. The third kappa shape index (κ3) is 4.62. The van der Waals surface area contributed by atoms with E-state index in [0.717, 1.165) is 11.4 Å². The molecule has 1 heterocycles. The van der Waals surface area contributed by atoms with Crippen LogP contribution in [0.2, 0.25) is 0 Å². The van der Waals surface area contributed by atoms with E-state index >= 15 is 0 Å². The average molecular weight is 302 g/mol. The summed E-state index contributed by atoms with van der Waals surface area (Å²) in [5.41, 5.74) is 2.49. The van der Waals surface area contributed by atoms with Crippen molar-refractivity contribution in [3.05, 3.63) is 42.2 Å². The summed E-state index contributed by atoms with van der Waals surface area (Å²) in [7, 11) is 0. The zero-order chi connectivity index (χ0) is 15.9. The lowest BCUT2D eigenvalue weighted by Gasteiger charge is -2.08. The number of rotatable bonds is 6. The van der Waals surface area contributed by atoms with Crippen LogP contribution in [0, 0.1) is 6.92 Å². The van der Waals surface area contributed by atoms with Crippen LogP contribution in [0.5, 0.6) is 0 Å². The highest BCUT2D eigenvalue weighted by Gasteiger charge is 2.03. The Morgan fingerprint density at radius 2 is 1.95 bits per heavy atom. The summed E-state index contributed by atoms with van der Waals surface area (Å²) < 4.78 is 1.76. The minimum atomic E-state index is -0.869. The van der Waals surface area contributed by atoms with Crippen molar-refractivity contribution in [1.82, 2.24) is 15.1 Å². The number of aromatic nitrogens is 2. The van der Waals surface area contributed by atoms with Crippen molar-refractivity contribution in [2.75, 3.05) is 11.9 Å². The molecule has 7 nitrogen and oxygen atoms in total. The van der Waals surface area contributed by atoms with E-state index in [1.54, 1.807) is 16.8 Å². The van der Waals surface area contributed by atoms with Gasteiger partial charge in [0.05, 0.1) is 11.4 Å². The number of nitrogens with one attached hydrogen (secondary N) is 2. The Kier molecular flexibility index (Phi) is 5.13. The van der Waals surface area contributed by atoms with Crippen LogP contribution in [0.3, 0.4) is 0 Å². The number of amides is 2. The lowest BCUT2D eigenvalue weighted by molar-refractivity contribution is -0.137. The predicted octanol–water partition coefficient (Wildman–Crippen LogP) is 2.17. The van der Waals surface area contributed by atoms with Gasteiger partial charge in [0.15, 0.2) is 0 Å². The van der Waals surface area contributed by atoms with Gasteiger partial charge in [-0.25, -0.2) is 9.48 Å². The molecule has 2 aromatic rings. The first-order valence-corrected chi connectivity index (χ1v) is 6.94. The van der Waals surface area contributed by atoms with Crippen LogP contribution in [-0.4, -0.2) is 33.4 Å². The summed E-state index contributed by atoms with van der Waals surface area (Å²) >= 11 is 0. The van der Waals surface area contributed by atoms with Crippen LogP contribution in [0.25, 0.3) is 5.69 Å². The van der Waals surface area contributed by atoms with Gasteiger partial charge in [0.2, 0.25) is 0 Å². The highest BCUT2D eigenvalue weighted by molar-refractivity contribution is 5.89. The lowest BCUT2D eigenvalue weighted by atomic mass is 10.3. The van der Waals surface area contributed by atoms with Gasteiger partial charge in [0.1, 0.15) is 0 Å². The van der Waals surface area contributed by atoms with Gasteiger partial charge in [-0.15, -0.1) is 0 Å². The second kappa shape index (κ2) is 7.26. The number of benzene rings is 1. The molecule has 2 amide bonds. The van der Waals surface area contributed by atoms with Gasteiger partial charge in [0, 0.05) is 24.8 Å². The summed E-state index contributed by atoms with van der Waals surface area (Å²) in [4.78, 5) is 22.0.